The molecular formula is C17H24N4OS. The van der Waals surface area contributed by atoms with E-state index in [-0.39, 0.29) is 11.3 Å². The number of hydrogen-bond donors (Lipinski definition) is 1. The highest BCUT2D eigenvalue weighted by atomic mass is 32.2. The smallest absolute Gasteiger partial charge is 0.235 e. The summed E-state index contributed by atoms with van der Waals surface area (Å²) in [6.45, 7) is 6.53. The number of nitrogens with zero attached hydrogens (tertiary/aromatic N) is 3. The third-order valence-corrected chi connectivity index (χ3v) is 4.14. The Morgan fingerprint density at radius 1 is 1.39 bits per heavy atom. The lowest BCUT2D eigenvalue weighted by atomic mass is 9.91. The van der Waals surface area contributed by atoms with Crippen LogP contribution in [0.3, 0.4) is 0 Å². The number of rotatable bonds is 6. The summed E-state index contributed by atoms with van der Waals surface area (Å²) in [7, 11) is 1.85. The summed E-state index contributed by atoms with van der Waals surface area (Å²) in [5, 5.41) is 7.39. The van der Waals surface area contributed by atoms with Gasteiger partial charge in [0.2, 0.25) is 5.91 Å². The van der Waals surface area contributed by atoms with Gasteiger partial charge in [0.05, 0.1) is 11.4 Å². The first-order valence-electron chi connectivity index (χ1n) is 7.63. The molecule has 0 spiro atoms. The van der Waals surface area contributed by atoms with Gasteiger partial charge in [-0.05, 0) is 23.5 Å². The second-order valence-electron chi connectivity index (χ2n) is 6.78. The molecule has 2 rings (SSSR count). The van der Waals surface area contributed by atoms with Gasteiger partial charge in [-0.2, -0.15) is 5.10 Å². The Labute approximate surface area is 141 Å². The van der Waals surface area contributed by atoms with Crippen LogP contribution in [0, 0.1) is 5.41 Å². The highest BCUT2D eigenvalue weighted by molar-refractivity contribution is 7.99. The first-order valence-corrected chi connectivity index (χ1v) is 8.78. The minimum atomic E-state index is -0.0100. The standard InChI is InChI=1S/C17H24N4OS/c1-17(2,3)9-14-8-15(21(4)20-14)19-16(22)12-23-11-13-6-5-7-18-10-13/h5-8,10H,9,11-12H2,1-4H3,(H,19,22). The van der Waals surface area contributed by atoms with Gasteiger partial charge in [0, 0.05) is 31.3 Å². The second kappa shape index (κ2) is 7.64. The van der Waals surface area contributed by atoms with Crippen molar-refractivity contribution in [1.82, 2.24) is 14.8 Å². The molecule has 0 unspecified atom stereocenters. The molecule has 23 heavy (non-hydrogen) atoms. The summed E-state index contributed by atoms with van der Waals surface area (Å²) in [6.07, 6.45) is 4.45. The SMILES string of the molecule is Cn1nc(CC(C)(C)C)cc1NC(=O)CSCc1cccnc1. The van der Waals surface area contributed by atoms with Crippen LogP contribution in [-0.2, 0) is 24.0 Å². The van der Waals surface area contributed by atoms with Gasteiger partial charge in [0.15, 0.2) is 0 Å². The van der Waals surface area contributed by atoms with Gasteiger partial charge < -0.3 is 5.32 Å². The van der Waals surface area contributed by atoms with Gasteiger partial charge in [-0.15, -0.1) is 11.8 Å². The lowest BCUT2D eigenvalue weighted by molar-refractivity contribution is -0.113. The van der Waals surface area contributed by atoms with Crippen LogP contribution in [0.2, 0.25) is 0 Å². The molecule has 0 saturated carbocycles. The van der Waals surface area contributed by atoms with Crippen LogP contribution in [0.4, 0.5) is 5.82 Å². The van der Waals surface area contributed by atoms with E-state index in [4.69, 9.17) is 0 Å². The van der Waals surface area contributed by atoms with E-state index in [1.54, 1.807) is 22.6 Å². The number of amides is 1. The Kier molecular flexibility index (Phi) is 5.82. The van der Waals surface area contributed by atoms with E-state index < -0.39 is 0 Å². The zero-order valence-corrected chi connectivity index (χ0v) is 15.0. The summed E-state index contributed by atoms with van der Waals surface area (Å²) in [4.78, 5) is 16.1. The van der Waals surface area contributed by atoms with Crippen molar-refractivity contribution in [2.24, 2.45) is 12.5 Å². The van der Waals surface area contributed by atoms with Crippen molar-refractivity contribution in [3.63, 3.8) is 0 Å². The van der Waals surface area contributed by atoms with Gasteiger partial charge in [-0.25, -0.2) is 0 Å². The Morgan fingerprint density at radius 2 is 2.17 bits per heavy atom. The fraction of sp³-hybridized carbons (Fsp3) is 0.471. The van der Waals surface area contributed by atoms with Gasteiger partial charge in [-0.3, -0.25) is 14.5 Å². The number of aryl methyl sites for hydroxylation is 1. The molecule has 0 aliphatic carbocycles. The second-order valence-corrected chi connectivity index (χ2v) is 7.77. The van der Waals surface area contributed by atoms with Gasteiger partial charge >= 0.3 is 0 Å². The maximum atomic E-state index is 12.1. The number of nitrogens with one attached hydrogen (secondary N) is 1. The normalized spacial score (nSPS) is 11.5. The number of thioether (sulfide) groups is 1. The molecule has 2 aromatic heterocycles. The van der Waals surface area contributed by atoms with Crippen molar-refractivity contribution < 1.29 is 4.79 Å². The topological polar surface area (TPSA) is 59.8 Å². The molecule has 2 aromatic rings. The third kappa shape index (κ3) is 6.06. The van der Waals surface area contributed by atoms with Crippen LogP contribution in [-0.4, -0.2) is 26.4 Å². The fourth-order valence-electron chi connectivity index (χ4n) is 2.20. The van der Waals surface area contributed by atoms with Gasteiger partial charge in [0.1, 0.15) is 5.82 Å². The third-order valence-electron chi connectivity index (χ3n) is 3.13. The number of pyridine rings is 1. The Balaban J connectivity index is 1.83. The first kappa shape index (κ1) is 17.5. The van der Waals surface area contributed by atoms with E-state index in [2.05, 4.69) is 36.2 Å². The average molecular weight is 332 g/mol. The van der Waals surface area contributed by atoms with Crippen LogP contribution in [0.25, 0.3) is 0 Å². The number of carbonyl (C=O) groups is 1. The Hall–Kier alpha value is -1.82. The zero-order chi connectivity index (χ0) is 16.9. The minimum Gasteiger partial charge on any atom is -0.310 e. The van der Waals surface area contributed by atoms with Crippen molar-refractivity contribution in [3.05, 3.63) is 41.9 Å². The van der Waals surface area contributed by atoms with E-state index in [1.807, 2.05) is 31.4 Å². The molecule has 6 heteroatoms. The van der Waals surface area contributed by atoms with Gasteiger partial charge in [-0.1, -0.05) is 26.8 Å². The van der Waals surface area contributed by atoms with Crippen LogP contribution < -0.4 is 5.32 Å². The monoisotopic (exact) mass is 332 g/mol. The largest absolute Gasteiger partial charge is 0.310 e. The van der Waals surface area contributed by atoms with Crippen molar-refractivity contribution in [2.45, 2.75) is 32.9 Å². The number of hydrogen-bond acceptors (Lipinski definition) is 4. The lowest BCUT2D eigenvalue weighted by Gasteiger charge is -2.15. The summed E-state index contributed by atoms with van der Waals surface area (Å²) < 4.78 is 1.73. The fourth-order valence-corrected chi connectivity index (χ4v) is 2.96. The summed E-state index contributed by atoms with van der Waals surface area (Å²) >= 11 is 1.57. The maximum Gasteiger partial charge on any atom is 0.235 e. The van der Waals surface area contributed by atoms with Crippen LogP contribution in [0.1, 0.15) is 32.0 Å². The number of carbonyl (C=O) groups excluding carboxylic acids is 1. The maximum absolute atomic E-state index is 12.1. The van der Waals surface area contributed by atoms with Crippen LogP contribution >= 0.6 is 11.8 Å². The summed E-state index contributed by atoms with van der Waals surface area (Å²) in [5.74, 6) is 1.93. The highest BCUT2D eigenvalue weighted by Gasteiger charge is 2.15. The molecule has 0 bridgehead atoms. The molecule has 0 aliphatic heterocycles. The molecular weight excluding hydrogens is 308 g/mol. The van der Waals surface area contributed by atoms with Crippen molar-refractivity contribution in [1.29, 1.82) is 0 Å². The van der Waals surface area contributed by atoms with Crippen LogP contribution in [0.5, 0.6) is 0 Å². The molecule has 0 aliphatic rings. The molecule has 0 aromatic carbocycles. The quantitative estimate of drug-likeness (QED) is 0.882. The lowest BCUT2D eigenvalue weighted by Crippen LogP contribution is -2.16. The average Bonchev–Trinajstić information content (AvgIpc) is 2.77. The van der Waals surface area contributed by atoms with E-state index >= 15 is 0 Å². The molecule has 0 saturated heterocycles. The summed E-state index contributed by atoms with van der Waals surface area (Å²) in [6, 6.07) is 5.87. The Bertz CT molecular complexity index is 646. The molecule has 5 nitrogen and oxygen atoms in total. The minimum absolute atomic E-state index is 0.0100. The van der Waals surface area contributed by atoms with Crippen molar-refractivity contribution in [3.8, 4) is 0 Å². The van der Waals surface area contributed by atoms with E-state index in [9.17, 15) is 4.79 Å². The number of aromatic nitrogens is 3. The van der Waals surface area contributed by atoms with Crippen LogP contribution in [0.15, 0.2) is 30.6 Å². The molecule has 0 fully saturated rings. The number of anilines is 1. The predicted molar refractivity (Wildman–Crippen MR) is 95.4 cm³/mol. The van der Waals surface area contributed by atoms with E-state index in [0.29, 0.717) is 5.75 Å². The zero-order valence-electron chi connectivity index (χ0n) is 14.2. The summed E-state index contributed by atoms with van der Waals surface area (Å²) in [5.41, 5.74) is 2.30. The molecule has 0 atom stereocenters. The molecule has 1 amide bonds. The highest BCUT2D eigenvalue weighted by Crippen LogP contribution is 2.21. The molecule has 1 N–H and O–H groups in total. The molecule has 124 valence electrons. The van der Waals surface area contributed by atoms with E-state index in [1.165, 1.54) is 0 Å². The van der Waals surface area contributed by atoms with Crippen molar-refractivity contribution in [2.75, 3.05) is 11.1 Å². The van der Waals surface area contributed by atoms with Crippen molar-refractivity contribution >= 4 is 23.5 Å². The first-order chi connectivity index (χ1) is 10.8. The van der Waals surface area contributed by atoms with Gasteiger partial charge in [0.25, 0.3) is 0 Å². The Morgan fingerprint density at radius 3 is 2.83 bits per heavy atom. The molecule has 0 radical (unpaired) electrons. The molecule has 2 heterocycles. The van der Waals surface area contributed by atoms with E-state index in [0.717, 1.165) is 29.2 Å². The predicted octanol–water partition coefficient (Wildman–Crippen LogP) is 3.28.